The Morgan fingerprint density at radius 3 is 1.93 bits per heavy atom. The lowest BCUT2D eigenvalue weighted by Crippen LogP contribution is -2.50. The molecule has 0 radical (unpaired) electrons. The van der Waals surface area contributed by atoms with Gasteiger partial charge in [-0.3, -0.25) is 9.59 Å². The number of nitrogens with zero attached hydrogens (tertiary/aromatic N) is 1. The minimum atomic E-state index is -0.689. The summed E-state index contributed by atoms with van der Waals surface area (Å²) in [5, 5.41) is 0. The van der Waals surface area contributed by atoms with Crippen LogP contribution in [-0.2, 0) is 13.9 Å². The fraction of sp³-hybridized carbons (Fsp3) is 0.200. The van der Waals surface area contributed by atoms with E-state index in [2.05, 4.69) is 40.2 Å². The van der Waals surface area contributed by atoms with Gasteiger partial charge < -0.3 is 0 Å². The molecule has 0 aromatic heterocycles. The van der Waals surface area contributed by atoms with Crippen molar-refractivity contribution in [1.29, 1.82) is 0 Å². The lowest BCUT2D eigenvalue weighted by molar-refractivity contribution is -0.122. The Hall–Kier alpha value is -2.72. The normalized spacial score (nSPS) is 28.9. The van der Waals surface area contributed by atoms with E-state index in [1.165, 1.54) is 4.90 Å². The number of amides is 2. The number of imide groups is 1. The molecule has 142 valence electrons. The summed E-state index contributed by atoms with van der Waals surface area (Å²) in [7, 11) is 0. The number of benzene rings is 3. The summed E-state index contributed by atoms with van der Waals surface area (Å²) in [5.74, 6) is -1.16. The molecule has 7 rings (SSSR count). The predicted octanol–water partition coefficient (Wildman–Crippen LogP) is 4.90. The van der Waals surface area contributed by atoms with Crippen LogP contribution in [0.25, 0.3) is 0 Å². The summed E-state index contributed by atoms with van der Waals surface area (Å²) in [6.07, 6.45) is 0. The molecule has 0 spiro atoms. The van der Waals surface area contributed by atoms with Gasteiger partial charge in [-0.15, -0.1) is 0 Å². The molecule has 0 saturated carbocycles. The first-order valence-electron chi connectivity index (χ1n) is 9.85. The summed E-state index contributed by atoms with van der Waals surface area (Å²) in [6, 6.07) is 24.1. The van der Waals surface area contributed by atoms with E-state index in [4.69, 9.17) is 0 Å². The number of rotatable bonds is 1. The molecule has 0 unspecified atom stereocenters. The summed E-state index contributed by atoms with van der Waals surface area (Å²) in [6.45, 7) is 2.00. The van der Waals surface area contributed by atoms with Gasteiger partial charge in [0.05, 0.1) is 21.8 Å². The van der Waals surface area contributed by atoms with Gasteiger partial charge in [0, 0.05) is 5.92 Å². The first kappa shape index (κ1) is 17.2. The van der Waals surface area contributed by atoms with Crippen molar-refractivity contribution in [3.05, 3.63) is 101 Å². The van der Waals surface area contributed by atoms with Crippen LogP contribution in [0, 0.1) is 18.8 Å². The number of halogens is 1. The minimum Gasteiger partial charge on any atom is -0.274 e. The third-order valence-electron chi connectivity index (χ3n) is 6.81. The molecule has 1 aliphatic heterocycles. The Morgan fingerprint density at radius 2 is 1.34 bits per heavy atom. The molecule has 2 amide bonds. The first-order valence-corrected chi connectivity index (χ1v) is 10.6. The molecule has 4 heteroatoms. The van der Waals surface area contributed by atoms with E-state index in [0.29, 0.717) is 5.69 Å². The van der Waals surface area contributed by atoms with Gasteiger partial charge in [0.15, 0.2) is 0 Å². The zero-order chi connectivity index (χ0) is 19.9. The fourth-order valence-corrected chi connectivity index (χ4v) is 6.83. The lowest BCUT2D eigenvalue weighted by atomic mass is 9.55. The quantitative estimate of drug-likeness (QED) is 0.396. The number of hydrogen-bond donors (Lipinski definition) is 0. The molecule has 3 nitrogen and oxygen atoms in total. The van der Waals surface area contributed by atoms with Crippen LogP contribution in [0.3, 0.4) is 0 Å². The summed E-state index contributed by atoms with van der Waals surface area (Å²) in [5.41, 5.74) is 6.27. The predicted molar refractivity (Wildman–Crippen MR) is 115 cm³/mol. The van der Waals surface area contributed by atoms with Crippen LogP contribution in [0.2, 0.25) is 0 Å². The Kier molecular flexibility index (Phi) is 3.35. The summed E-state index contributed by atoms with van der Waals surface area (Å²) >= 11 is 4.02. The molecule has 4 aliphatic rings. The number of anilines is 1. The van der Waals surface area contributed by atoms with Gasteiger partial charge in [0.2, 0.25) is 11.8 Å². The van der Waals surface area contributed by atoms with Crippen LogP contribution in [0.15, 0.2) is 72.8 Å². The van der Waals surface area contributed by atoms with Crippen LogP contribution in [0.1, 0.15) is 33.7 Å². The average Bonchev–Trinajstić information content (AvgIpc) is 3.01. The van der Waals surface area contributed by atoms with Gasteiger partial charge in [0.25, 0.3) is 0 Å². The smallest absolute Gasteiger partial charge is 0.239 e. The first-order chi connectivity index (χ1) is 14.0. The van der Waals surface area contributed by atoms with Crippen LogP contribution >= 0.6 is 15.9 Å². The summed E-state index contributed by atoms with van der Waals surface area (Å²) < 4.78 is -0.689. The molecule has 1 heterocycles. The fourth-order valence-electron chi connectivity index (χ4n) is 5.63. The molecule has 1 saturated heterocycles. The highest BCUT2D eigenvalue weighted by Crippen LogP contribution is 2.66. The van der Waals surface area contributed by atoms with Gasteiger partial charge in [-0.05, 0) is 41.3 Å². The molecule has 2 bridgehead atoms. The average molecular weight is 444 g/mol. The van der Waals surface area contributed by atoms with Gasteiger partial charge in [-0.2, -0.15) is 0 Å². The van der Waals surface area contributed by atoms with Crippen LogP contribution in [0.4, 0.5) is 5.69 Å². The molecule has 3 aromatic rings. The SMILES string of the molecule is Cc1ccc(N2C(=O)[C@@H]3C4c5ccccc5C(Br)(c5ccccc54)[C@@H]3C2=O)cc1. The van der Waals surface area contributed by atoms with Gasteiger partial charge in [-0.25, -0.2) is 4.90 Å². The monoisotopic (exact) mass is 443 g/mol. The molecule has 0 N–H and O–H groups in total. The van der Waals surface area contributed by atoms with Crippen LogP contribution < -0.4 is 4.90 Å². The van der Waals surface area contributed by atoms with E-state index in [0.717, 1.165) is 27.8 Å². The van der Waals surface area contributed by atoms with Crippen molar-refractivity contribution < 1.29 is 9.59 Å². The highest BCUT2D eigenvalue weighted by Gasteiger charge is 2.67. The zero-order valence-corrected chi connectivity index (χ0v) is 17.4. The largest absolute Gasteiger partial charge is 0.274 e. The third-order valence-corrected chi connectivity index (χ3v) is 8.15. The summed E-state index contributed by atoms with van der Waals surface area (Å²) in [4.78, 5) is 28.8. The van der Waals surface area contributed by atoms with Crippen LogP contribution in [0.5, 0.6) is 0 Å². The minimum absolute atomic E-state index is 0.0957. The third kappa shape index (κ3) is 1.98. The van der Waals surface area contributed by atoms with Gasteiger partial charge in [-0.1, -0.05) is 82.2 Å². The number of aryl methyl sites for hydroxylation is 1. The Bertz CT molecular complexity index is 1150. The number of alkyl halides is 1. The standard InChI is InChI=1S/C25H18BrNO2/c1-14-10-12-15(13-11-14)27-23(28)21-20-16-6-2-4-8-18(16)25(26,22(21)24(27)29)19-9-5-3-7-17(19)20/h2-13,20-22H,1H3/t20?,21-,22+,25?/m1/s1. The second kappa shape index (κ2) is 5.67. The number of carbonyl (C=O) groups is 2. The second-order valence-electron chi connectivity index (χ2n) is 8.21. The topological polar surface area (TPSA) is 37.4 Å². The maximum atomic E-state index is 13.7. The van der Waals surface area contributed by atoms with Gasteiger partial charge >= 0.3 is 0 Å². The van der Waals surface area contributed by atoms with Crippen molar-refractivity contribution in [1.82, 2.24) is 0 Å². The Morgan fingerprint density at radius 1 is 0.793 bits per heavy atom. The maximum Gasteiger partial charge on any atom is 0.239 e. The van der Waals surface area contributed by atoms with E-state index in [1.54, 1.807) is 0 Å². The molecule has 29 heavy (non-hydrogen) atoms. The number of carbonyl (C=O) groups excluding carboxylic acids is 2. The van der Waals surface area contributed by atoms with E-state index < -0.39 is 16.2 Å². The van der Waals surface area contributed by atoms with Crippen molar-refractivity contribution in [2.45, 2.75) is 17.2 Å². The molecule has 1 fully saturated rings. The Balaban J connectivity index is 1.61. The van der Waals surface area contributed by atoms with Crippen molar-refractivity contribution in [3.8, 4) is 0 Å². The highest BCUT2D eigenvalue weighted by molar-refractivity contribution is 9.09. The van der Waals surface area contributed by atoms with Crippen molar-refractivity contribution in [3.63, 3.8) is 0 Å². The highest BCUT2D eigenvalue weighted by atomic mass is 79.9. The molecule has 2 atom stereocenters. The van der Waals surface area contributed by atoms with E-state index in [-0.39, 0.29) is 17.7 Å². The molecular weight excluding hydrogens is 426 g/mol. The zero-order valence-electron chi connectivity index (χ0n) is 15.8. The second-order valence-corrected chi connectivity index (χ2v) is 9.47. The molecular formula is C25H18BrNO2. The van der Waals surface area contributed by atoms with Crippen LogP contribution in [-0.4, -0.2) is 11.8 Å². The van der Waals surface area contributed by atoms with Crippen molar-refractivity contribution in [2.75, 3.05) is 4.90 Å². The van der Waals surface area contributed by atoms with Crippen molar-refractivity contribution in [2.24, 2.45) is 11.8 Å². The van der Waals surface area contributed by atoms with Crippen molar-refractivity contribution >= 4 is 33.4 Å². The number of hydrogen-bond acceptors (Lipinski definition) is 2. The van der Waals surface area contributed by atoms with E-state index in [1.807, 2.05) is 55.5 Å². The molecule has 3 aliphatic carbocycles. The van der Waals surface area contributed by atoms with E-state index >= 15 is 0 Å². The maximum absolute atomic E-state index is 13.7. The van der Waals surface area contributed by atoms with E-state index in [9.17, 15) is 9.59 Å². The Labute approximate surface area is 177 Å². The molecule has 3 aromatic carbocycles. The van der Waals surface area contributed by atoms with Gasteiger partial charge in [0.1, 0.15) is 0 Å². The lowest BCUT2D eigenvalue weighted by Gasteiger charge is -2.51.